The Hall–Kier alpha value is -2.08. The molecule has 6 nitrogen and oxygen atoms in total. The number of likely N-dealkylation sites (tertiary alicyclic amines) is 1. The smallest absolute Gasteiger partial charge is 0.315 e. The summed E-state index contributed by atoms with van der Waals surface area (Å²) in [5.74, 6) is -0.00626. The molecular weight excluding hydrogens is 294 g/mol. The average molecular weight is 319 g/mol. The molecule has 1 aliphatic heterocycles. The van der Waals surface area contributed by atoms with E-state index in [-0.39, 0.29) is 11.9 Å². The van der Waals surface area contributed by atoms with Crippen LogP contribution in [0.2, 0.25) is 0 Å². The fourth-order valence-corrected chi connectivity index (χ4v) is 2.68. The van der Waals surface area contributed by atoms with Crippen LogP contribution in [0.1, 0.15) is 18.4 Å². The number of methoxy groups -OCH3 is 1. The molecule has 1 heterocycles. The van der Waals surface area contributed by atoms with E-state index in [2.05, 4.69) is 10.6 Å². The second kappa shape index (κ2) is 9.15. The summed E-state index contributed by atoms with van der Waals surface area (Å²) in [5, 5.41) is 5.50. The predicted octanol–water partition coefficient (Wildman–Crippen LogP) is 1.17. The zero-order valence-corrected chi connectivity index (χ0v) is 13.6. The van der Waals surface area contributed by atoms with E-state index in [4.69, 9.17) is 4.74 Å². The first-order chi connectivity index (χ1) is 11.2. The normalized spacial score (nSPS) is 15.3. The summed E-state index contributed by atoms with van der Waals surface area (Å²) in [6, 6.07) is 8.86. The molecule has 0 aromatic heterocycles. The van der Waals surface area contributed by atoms with Crippen LogP contribution >= 0.6 is 0 Å². The molecule has 1 aliphatic rings. The minimum atomic E-state index is -0.543. The predicted molar refractivity (Wildman–Crippen MR) is 88.2 cm³/mol. The maximum atomic E-state index is 12.7. The van der Waals surface area contributed by atoms with Crippen molar-refractivity contribution in [1.29, 1.82) is 0 Å². The fraction of sp³-hybridized carbons (Fsp3) is 0.529. The molecule has 3 amide bonds. The van der Waals surface area contributed by atoms with Crippen LogP contribution in [0.4, 0.5) is 4.79 Å². The summed E-state index contributed by atoms with van der Waals surface area (Å²) in [6.45, 7) is 2.41. The number of nitrogens with zero attached hydrogens (tertiary/aromatic N) is 1. The lowest BCUT2D eigenvalue weighted by Gasteiger charge is -2.24. The molecule has 1 saturated heterocycles. The van der Waals surface area contributed by atoms with Crippen molar-refractivity contribution in [3.8, 4) is 0 Å². The van der Waals surface area contributed by atoms with Crippen LogP contribution in [0.15, 0.2) is 30.3 Å². The third-order valence-electron chi connectivity index (χ3n) is 3.90. The van der Waals surface area contributed by atoms with Gasteiger partial charge in [0.25, 0.3) is 0 Å². The first-order valence-corrected chi connectivity index (χ1v) is 8.06. The SMILES string of the molecule is COCCNC(=O)N[C@@H](Cc1ccccc1)C(=O)N1CCCC1. The number of amides is 3. The van der Waals surface area contributed by atoms with Gasteiger partial charge < -0.3 is 20.3 Å². The van der Waals surface area contributed by atoms with Crippen LogP contribution in [-0.2, 0) is 16.0 Å². The lowest BCUT2D eigenvalue weighted by atomic mass is 10.0. The van der Waals surface area contributed by atoms with E-state index < -0.39 is 6.04 Å². The zero-order valence-electron chi connectivity index (χ0n) is 13.6. The Kier molecular flexibility index (Phi) is 6.87. The third kappa shape index (κ3) is 5.56. The van der Waals surface area contributed by atoms with Crippen LogP contribution in [-0.4, -0.2) is 56.2 Å². The van der Waals surface area contributed by atoms with Gasteiger partial charge in [-0.05, 0) is 18.4 Å². The molecule has 0 unspecified atom stereocenters. The van der Waals surface area contributed by atoms with Crippen molar-refractivity contribution in [3.05, 3.63) is 35.9 Å². The zero-order chi connectivity index (χ0) is 16.5. The van der Waals surface area contributed by atoms with E-state index in [1.54, 1.807) is 7.11 Å². The van der Waals surface area contributed by atoms with Crippen LogP contribution in [0.5, 0.6) is 0 Å². The van der Waals surface area contributed by atoms with Crippen molar-refractivity contribution in [2.45, 2.75) is 25.3 Å². The largest absolute Gasteiger partial charge is 0.383 e. The number of ether oxygens (including phenoxy) is 1. The highest BCUT2D eigenvalue weighted by Gasteiger charge is 2.27. The molecule has 6 heteroatoms. The second-order valence-electron chi connectivity index (χ2n) is 5.67. The minimum Gasteiger partial charge on any atom is -0.383 e. The van der Waals surface area contributed by atoms with Crippen molar-refractivity contribution < 1.29 is 14.3 Å². The Morgan fingerprint density at radius 1 is 1.22 bits per heavy atom. The van der Waals surface area contributed by atoms with Crippen molar-refractivity contribution in [3.63, 3.8) is 0 Å². The lowest BCUT2D eigenvalue weighted by Crippen LogP contribution is -2.52. The molecule has 1 aromatic carbocycles. The second-order valence-corrected chi connectivity index (χ2v) is 5.67. The van der Waals surface area contributed by atoms with E-state index in [9.17, 15) is 9.59 Å². The molecule has 1 aromatic rings. The van der Waals surface area contributed by atoms with Crippen molar-refractivity contribution in [1.82, 2.24) is 15.5 Å². The highest BCUT2D eigenvalue weighted by Crippen LogP contribution is 2.12. The molecule has 2 N–H and O–H groups in total. The first kappa shape index (κ1) is 17.3. The number of benzene rings is 1. The highest BCUT2D eigenvalue weighted by atomic mass is 16.5. The number of hydrogen-bond acceptors (Lipinski definition) is 3. The maximum absolute atomic E-state index is 12.7. The summed E-state index contributed by atoms with van der Waals surface area (Å²) in [6.07, 6.45) is 2.56. The van der Waals surface area contributed by atoms with Crippen molar-refractivity contribution >= 4 is 11.9 Å². The van der Waals surface area contributed by atoms with E-state index >= 15 is 0 Å². The fourth-order valence-electron chi connectivity index (χ4n) is 2.68. The molecule has 0 bridgehead atoms. The minimum absolute atomic E-state index is 0.00626. The van der Waals surface area contributed by atoms with E-state index in [0.717, 1.165) is 31.5 Å². The van der Waals surface area contributed by atoms with Gasteiger partial charge in [0.15, 0.2) is 0 Å². The molecule has 0 spiro atoms. The Labute approximate surface area is 137 Å². The summed E-state index contributed by atoms with van der Waals surface area (Å²) < 4.78 is 4.90. The molecule has 1 fully saturated rings. The van der Waals surface area contributed by atoms with Gasteiger partial charge in [-0.25, -0.2) is 4.79 Å². The van der Waals surface area contributed by atoms with Gasteiger partial charge in [-0.1, -0.05) is 30.3 Å². The van der Waals surface area contributed by atoms with Crippen LogP contribution < -0.4 is 10.6 Å². The molecule has 2 rings (SSSR count). The standard InChI is InChI=1S/C17H25N3O3/c1-23-12-9-18-17(22)19-15(13-14-7-3-2-4-8-14)16(21)20-10-5-6-11-20/h2-4,7-8,15H,5-6,9-13H2,1H3,(H2,18,19,22)/t15-/m0/s1. The average Bonchev–Trinajstić information content (AvgIpc) is 3.09. The topological polar surface area (TPSA) is 70.7 Å². The van der Waals surface area contributed by atoms with Gasteiger partial charge in [-0.3, -0.25) is 4.79 Å². The Morgan fingerprint density at radius 2 is 1.91 bits per heavy atom. The number of nitrogens with one attached hydrogen (secondary N) is 2. The lowest BCUT2D eigenvalue weighted by molar-refractivity contribution is -0.132. The Bertz CT molecular complexity index is 501. The molecule has 23 heavy (non-hydrogen) atoms. The van der Waals surface area contributed by atoms with Gasteiger partial charge in [0.2, 0.25) is 5.91 Å². The summed E-state index contributed by atoms with van der Waals surface area (Å²) in [5.41, 5.74) is 1.03. The molecular formula is C17H25N3O3. The quantitative estimate of drug-likeness (QED) is 0.741. The monoisotopic (exact) mass is 319 g/mol. The van der Waals surface area contributed by atoms with Crippen molar-refractivity contribution in [2.75, 3.05) is 33.4 Å². The maximum Gasteiger partial charge on any atom is 0.315 e. The molecule has 126 valence electrons. The van der Waals surface area contributed by atoms with Gasteiger partial charge >= 0.3 is 6.03 Å². The highest BCUT2D eigenvalue weighted by molar-refractivity contribution is 5.87. The number of carbonyl (C=O) groups excluding carboxylic acids is 2. The van der Waals surface area contributed by atoms with E-state index in [0.29, 0.717) is 19.6 Å². The molecule has 1 atom stereocenters. The number of hydrogen-bond donors (Lipinski definition) is 2. The van der Waals surface area contributed by atoms with Gasteiger partial charge in [0, 0.05) is 33.2 Å². The van der Waals surface area contributed by atoms with Crippen molar-refractivity contribution in [2.24, 2.45) is 0 Å². The number of carbonyl (C=O) groups is 2. The summed E-state index contributed by atoms with van der Waals surface area (Å²) >= 11 is 0. The summed E-state index contributed by atoms with van der Waals surface area (Å²) in [7, 11) is 1.58. The van der Waals surface area contributed by atoms with E-state index in [1.165, 1.54) is 0 Å². The first-order valence-electron chi connectivity index (χ1n) is 8.06. The number of urea groups is 1. The molecule has 0 aliphatic carbocycles. The van der Waals surface area contributed by atoms with Crippen LogP contribution in [0.25, 0.3) is 0 Å². The van der Waals surface area contributed by atoms with Gasteiger partial charge in [0.1, 0.15) is 6.04 Å². The Morgan fingerprint density at radius 3 is 2.57 bits per heavy atom. The van der Waals surface area contributed by atoms with E-state index in [1.807, 2.05) is 35.2 Å². The number of rotatable bonds is 7. The van der Waals surface area contributed by atoms with Crippen LogP contribution in [0, 0.1) is 0 Å². The molecule has 0 radical (unpaired) electrons. The molecule has 0 saturated carbocycles. The van der Waals surface area contributed by atoms with Gasteiger partial charge in [-0.2, -0.15) is 0 Å². The third-order valence-corrected chi connectivity index (χ3v) is 3.90. The van der Waals surface area contributed by atoms with Gasteiger partial charge in [-0.15, -0.1) is 0 Å². The Balaban J connectivity index is 1.98. The van der Waals surface area contributed by atoms with Gasteiger partial charge in [0.05, 0.1) is 6.61 Å². The van der Waals surface area contributed by atoms with Crippen LogP contribution in [0.3, 0.4) is 0 Å². The summed E-state index contributed by atoms with van der Waals surface area (Å²) in [4.78, 5) is 26.5.